The fourth-order valence-electron chi connectivity index (χ4n) is 4.75. The van der Waals surface area contributed by atoms with Gasteiger partial charge in [-0.25, -0.2) is 0 Å². The number of likely N-dealkylation sites (tertiary alicyclic amines) is 1. The lowest BCUT2D eigenvalue weighted by Crippen LogP contribution is -2.37. The zero-order valence-corrected chi connectivity index (χ0v) is 13.9. The Hall–Kier alpha value is -2.29. The smallest absolute Gasteiger partial charge is 0.223 e. The molecule has 1 saturated heterocycles. The minimum atomic E-state index is 0.261. The molecule has 0 saturated carbocycles. The highest BCUT2D eigenvalue weighted by atomic mass is 16.2. The van der Waals surface area contributed by atoms with Crippen LogP contribution in [0.3, 0.4) is 0 Å². The largest absolute Gasteiger partial charge is 0.341 e. The molecule has 0 spiro atoms. The predicted molar refractivity (Wildman–Crippen MR) is 95.6 cm³/mol. The molecule has 1 atom stereocenters. The Labute approximate surface area is 142 Å². The van der Waals surface area contributed by atoms with Crippen molar-refractivity contribution in [2.45, 2.75) is 38.1 Å². The number of amides is 1. The summed E-state index contributed by atoms with van der Waals surface area (Å²) in [6, 6.07) is 15.8. The Morgan fingerprint density at radius 3 is 2.58 bits per heavy atom. The van der Waals surface area contributed by atoms with Crippen LogP contribution in [-0.4, -0.2) is 23.9 Å². The maximum Gasteiger partial charge on any atom is 0.223 e. The van der Waals surface area contributed by atoms with E-state index in [0.29, 0.717) is 5.91 Å². The van der Waals surface area contributed by atoms with Gasteiger partial charge in [0.15, 0.2) is 0 Å². The molecule has 0 aliphatic carbocycles. The summed E-state index contributed by atoms with van der Waals surface area (Å²) in [5.74, 6) is 0.333. The van der Waals surface area contributed by atoms with Crippen molar-refractivity contribution in [1.29, 1.82) is 0 Å². The van der Waals surface area contributed by atoms with E-state index in [1.165, 1.54) is 28.1 Å². The lowest BCUT2D eigenvalue weighted by atomic mass is 9.91. The van der Waals surface area contributed by atoms with E-state index in [2.05, 4.69) is 52.3 Å². The van der Waals surface area contributed by atoms with Crippen molar-refractivity contribution in [3.8, 4) is 0 Å². The van der Waals surface area contributed by atoms with Crippen LogP contribution in [0.25, 0.3) is 0 Å². The van der Waals surface area contributed by atoms with Crippen LogP contribution in [0, 0.1) is 0 Å². The molecule has 1 unspecified atom stereocenters. The summed E-state index contributed by atoms with van der Waals surface area (Å²) in [6.07, 6.45) is 4.93. The van der Waals surface area contributed by atoms with Crippen LogP contribution in [0.2, 0.25) is 0 Å². The van der Waals surface area contributed by atoms with Gasteiger partial charge in [0.25, 0.3) is 0 Å². The monoisotopic (exact) mass is 318 g/mol. The van der Waals surface area contributed by atoms with Gasteiger partial charge in [-0.05, 0) is 48.4 Å². The Bertz CT molecular complexity index is 813. The molecule has 0 N–H and O–H groups in total. The third kappa shape index (κ3) is 2.00. The average Bonchev–Trinajstić information content (AvgIpc) is 2.97. The molecule has 3 nitrogen and oxygen atoms in total. The number of carbonyl (C=O) groups excluding carboxylic acids is 1. The van der Waals surface area contributed by atoms with Crippen molar-refractivity contribution in [3.63, 3.8) is 0 Å². The van der Waals surface area contributed by atoms with Crippen molar-refractivity contribution in [2.75, 3.05) is 18.0 Å². The van der Waals surface area contributed by atoms with Crippen molar-refractivity contribution >= 4 is 17.3 Å². The van der Waals surface area contributed by atoms with Gasteiger partial charge in [0.05, 0.1) is 6.04 Å². The predicted octanol–water partition coefficient (Wildman–Crippen LogP) is 3.99. The van der Waals surface area contributed by atoms with E-state index in [9.17, 15) is 4.79 Å². The molecule has 0 aromatic heterocycles. The summed E-state index contributed by atoms with van der Waals surface area (Å²) >= 11 is 0. The highest BCUT2D eigenvalue weighted by molar-refractivity contribution is 5.81. The van der Waals surface area contributed by atoms with Gasteiger partial charge < -0.3 is 9.80 Å². The molecule has 0 bridgehead atoms. The molecule has 1 amide bonds. The van der Waals surface area contributed by atoms with Gasteiger partial charge in [-0.1, -0.05) is 36.4 Å². The quantitative estimate of drug-likeness (QED) is 0.794. The van der Waals surface area contributed by atoms with Gasteiger partial charge in [0, 0.05) is 30.9 Å². The molecule has 0 radical (unpaired) electrons. The summed E-state index contributed by atoms with van der Waals surface area (Å²) in [7, 11) is 0. The summed E-state index contributed by atoms with van der Waals surface area (Å²) < 4.78 is 0. The number of benzene rings is 2. The van der Waals surface area contributed by atoms with Crippen molar-refractivity contribution in [1.82, 2.24) is 4.90 Å². The highest BCUT2D eigenvalue weighted by Crippen LogP contribution is 2.46. The number of para-hydroxylation sites is 2. The molecule has 5 rings (SSSR count). The lowest BCUT2D eigenvalue weighted by Gasteiger charge is -2.40. The van der Waals surface area contributed by atoms with E-state index >= 15 is 0 Å². The van der Waals surface area contributed by atoms with Crippen LogP contribution in [-0.2, 0) is 17.6 Å². The van der Waals surface area contributed by atoms with E-state index in [0.717, 1.165) is 45.2 Å². The number of hydrogen-bond acceptors (Lipinski definition) is 2. The second-order valence-corrected chi connectivity index (χ2v) is 7.13. The summed E-state index contributed by atoms with van der Waals surface area (Å²) in [5, 5.41) is 0. The Morgan fingerprint density at radius 2 is 1.71 bits per heavy atom. The van der Waals surface area contributed by atoms with Crippen LogP contribution >= 0.6 is 0 Å². The van der Waals surface area contributed by atoms with Crippen molar-refractivity contribution < 1.29 is 4.79 Å². The standard InChI is InChI=1S/C21H22N2O/c24-20-9-4-13-22(20)19-12-14-23-18-8-2-1-5-15(18)10-11-16-6-3-7-17(19)21(16)23/h1-3,5-8,19H,4,9-14H2. The zero-order chi connectivity index (χ0) is 16.1. The average molecular weight is 318 g/mol. The van der Waals surface area contributed by atoms with Crippen LogP contribution in [0.15, 0.2) is 42.5 Å². The number of aryl methyl sites for hydroxylation is 2. The van der Waals surface area contributed by atoms with Gasteiger partial charge in [0.1, 0.15) is 0 Å². The summed E-state index contributed by atoms with van der Waals surface area (Å²) in [4.78, 5) is 16.9. The number of hydrogen-bond donors (Lipinski definition) is 0. The van der Waals surface area contributed by atoms with E-state index in [1.54, 1.807) is 0 Å². The Kier molecular flexibility index (Phi) is 3.15. The van der Waals surface area contributed by atoms with Gasteiger partial charge in [-0.3, -0.25) is 4.79 Å². The molecular formula is C21H22N2O. The normalized spacial score (nSPS) is 22.2. The molecule has 2 aromatic rings. The first-order chi connectivity index (χ1) is 11.8. The van der Waals surface area contributed by atoms with Gasteiger partial charge in [-0.2, -0.15) is 0 Å². The van der Waals surface area contributed by atoms with E-state index in [4.69, 9.17) is 0 Å². The van der Waals surface area contributed by atoms with Gasteiger partial charge >= 0.3 is 0 Å². The summed E-state index contributed by atoms with van der Waals surface area (Å²) in [5.41, 5.74) is 6.95. The lowest BCUT2D eigenvalue weighted by molar-refractivity contribution is -0.129. The SMILES string of the molecule is O=C1CCCN1C1CCN2c3ccccc3CCc3cccc1c32. The number of nitrogens with zero attached hydrogens (tertiary/aromatic N) is 2. The molecule has 3 heteroatoms. The number of carbonyl (C=O) groups is 1. The fourth-order valence-corrected chi connectivity index (χ4v) is 4.75. The Morgan fingerprint density at radius 1 is 0.875 bits per heavy atom. The molecular weight excluding hydrogens is 296 g/mol. The first kappa shape index (κ1) is 14.1. The minimum Gasteiger partial charge on any atom is -0.341 e. The highest BCUT2D eigenvalue weighted by Gasteiger charge is 2.36. The molecule has 3 aliphatic rings. The first-order valence-corrected chi connectivity index (χ1v) is 9.09. The summed E-state index contributed by atoms with van der Waals surface area (Å²) in [6.45, 7) is 1.92. The van der Waals surface area contributed by atoms with Crippen LogP contribution in [0.5, 0.6) is 0 Å². The number of fused-ring (bicyclic) bond motifs is 2. The van der Waals surface area contributed by atoms with Gasteiger partial charge in [-0.15, -0.1) is 0 Å². The fraction of sp³-hybridized carbons (Fsp3) is 0.381. The van der Waals surface area contributed by atoms with Crippen LogP contribution in [0.1, 0.15) is 42.0 Å². The van der Waals surface area contributed by atoms with E-state index in [1.807, 2.05) is 0 Å². The molecule has 3 heterocycles. The third-order valence-corrected chi connectivity index (χ3v) is 5.84. The first-order valence-electron chi connectivity index (χ1n) is 9.09. The molecule has 24 heavy (non-hydrogen) atoms. The number of rotatable bonds is 1. The second kappa shape index (κ2) is 5.37. The van der Waals surface area contributed by atoms with Crippen LogP contribution in [0.4, 0.5) is 11.4 Å². The molecule has 122 valence electrons. The van der Waals surface area contributed by atoms with Crippen molar-refractivity contribution in [2.24, 2.45) is 0 Å². The molecule has 3 aliphatic heterocycles. The molecule has 1 fully saturated rings. The Balaban J connectivity index is 1.66. The van der Waals surface area contributed by atoms with Gasteiger partial charge in [0.2, 0.25) is 5.91 Å². The minimum absolute atomic E-state index is 0.261. The maximum atomic E-state index is 12.3. The van der Waals surface area contributed by atoms with Crippen LogP contribution < -0.4 is 4.90 Å². The topological polar surface area (TPSA) is 23.6 Å². The maximum absolute atomic E-state index is 12.3. The molecule has 2 aromatic carbocycles. The third-order valence-electron chi connectivity index (χ3n) is 5.84. The zero-order valence-electron chi connectivity index (χ0n) is 13.9. The second-order valence-electron chi connectivity index (χ2n) is 7.13. The van der Waals surface area contributed by atoms with E-state index in [-0.39, 0.29) is 6.04 Å². The van der Waals surface area contributed by atoms with E-state index < -0.39 is 0 Å². The number of anilines is 2. The van der Waals surface area contributed by atoms with Crippen molar-refractivity contribution in [3.05, 3.63) is 59.2 Å².